The molecule has 3 aliphatic rings. The monoisotopic (exact) mass is 374 g/mol. The van der Waals surface area contributed by atoms with Crippen molar-refractivity contribution in [3.8, 4) is 0 Å². The van der Waals surface area contributed by atoms with Crippen LogP contribution in [0.5, 0.6) is 0 Å². The summed E-state index contributed by atoms with van der Waals surface area (Å²) in [6.45, 7) is 13.4. The van der Waals surface area contributed by atoms with Gasteiger partial charge >= 0.3 is 0 Å². The van der Waals surface area contributed by atoms with Crippen molar-refractivity contribution in [2.45, 2.75) is 38.9 Å². The largest absolute Gasteiger partial charge is 0.349 e. The van der Waals surface area contributed by atoms with E-state index in [-0.39, 0.29) is 4.75 Å². The van der Waals surface area contributed by atoms with E-state index in [1.807, 2.05) is 11.8 Å². The second-order valence-corrected chi connectivity index (χ2v) is 11.7. The summed E-state index contributed by atoms with van der Waals surface area (Å²) < 4.78 is 29.5. The third-order valence-corrected chi connectivity index (χ3v) is 8.18. The molecule has 0 aromatic heterocycles. The van der Waals surface area contributed by atoms with E-state index in [0.717, 1.165) is 31.2 Å². The Bertz CT molecular complexity index is 587. The van der Waals surface area contributed by atoms with Gasteiger partial charge in [0.05, 0.1) is 6.54 Å². The van der Waals surface area contributed by atoms with Crippen LogP contribution in [0.25, 0.3) is 0 Å². The zero-order valence-corrected chi connectivity index (χ0v) is 16.9. The normalized spacial score (nSPS) is 32.8. The van der Waals surface area contributed by atoms with Crippen molar-refractivity contribution in [1.29, 1.82) is 0 Å². The first-order chi connectivity index (χ1) is 11.2. The lowest BCUT2D eigenvalue weighted by Gasteiger charge is -2.40. The summed E-state index contributed by atoms with van der Waals surface area (Å²) in [5.41, 5.74) is 0. The molecular formula is C16H30N4O2S2. The van der Waals surface area contributed by atoms with E-state index in [0.29, 0.717) is 38.0 Å². The Labute approximate surface area is 150 Å². The van der Waals surface area contributed by atoms with Crippen molar-refractivity contribution < 1.29 is 8.42 Å². The molecule has 6 nitrogen and oxygen atoms in total. The number of amidine groups is 1. The van der Waals surface area contributed by atoms with Crippen LogP contribution in [0, 0.1) is 11.8 Å². The van der Waals surface area contributed by atoms with Gasteiger partial charge in [0.25, 0.3) is 10.2 Å². The molecule has 24 heavy (non-hydrogen) atoms. The van der Waals surface area contributed by atoms with Crippen molar-refractivity contribution in [2.24, 2.45) is 16.8 Å². The predicted octanol–water partition coefficient (Wildman–Crippen LogP) is 1.71. The number of hydrogen-bond acceptors (Lipinski definition) is 5. The van der Waals surface area contributed by atoms with Gasteiger partial charge in [0.1, 0.15) is 0 Å². The summed E-state index contributed by atoms with van der Waals surface area (Å²) in [5.74, 6) is 0.882. The van der Waals surface area contributed by atoms with Gasteiger partial charge in [-0.1, -0.05) is 25.6 Å². The molecule has 0 saturated carbocycles. The first-order valence-electron chi connectivity index (χ1n) is 8.91. The van der Waals surface area contributed by atoms with Crippen LogP contribution in [0.2, 0.25) is 0 Å². The number of hydrogen-bond donors (Lipinski definition) is 0. The van der Waals surface area contributed by atoms with Crippen LogP contribution in [0.4, 0.5) is 0 Å². The quantitative estimate of drug-likeness (QED) is 0.738. The van der Waals surface area contributed by atoms with E-state index in [9.17, 15) is 8.42 Å². The summed E-state index contributed by atoms with van der Waals surface area (Å²) in [7, 11) is -3.33. The highest BCUT2D eigenvalue weighted by Gasteiger charge is 2.38. The van der Waals surface area contributed by atoms with Crippen molar-refractivity contribution in [3.63, 3.8) is 0 Å². The van der Waals surface area contributed by atoms with Gasteiger partial charge in [0.2, 0.25) is 0 Å². The van der Waals surface area contributed by atoms with Gasteiger partial charge in [-0.15, -0.1) is 0 Å². The average molecular weight is 375 g/mol. The molecule has 0 aliphatic carbocycles. The van der Waals surface area contributed by atoms with Crippen molar-refractivity contribution >= 4 is 27.1 Å². The molecule has 2 saturated heterocycles. The molecule has 2 atom stereocenters. The fourth-order valence-corrected chi connectivity index (χ4v) is 6.70. The molecule has 138 valence electrons. The first kappa shape index (κ1) is 18.5. The van der Waals surface area contributed by atoms with Gasteiger partial charge in [-0.2, -0.15) is 17.0 Å². The van der Waals surface area contributed by atoms with Gasteiger partial charge in [0, 0.05) is 44.0 Å². The van der Waals surface area contributed by atoms with Crippen molar-refractivity contribution in [3.05, 3.63) is 0 Å². The number of nitrogens with zero attached hydrogens (tertiary/aromatic N) is 4. The maximum Gasteiger partial charge on any atom is 0.282 e. The van der Waals surface area contributed by atoms with Crippen molar-refractivity contribution in [1.82, 2.24) is 13.5 Å². The van der Waals surface area contributed by atoms with Crippen LogP contribution in [-0.4, -0.2) is 77.7 Å². The fraction of sp³-hybridized carbons (Fsp3) is 0.938. The fourth-order valence-electron chi connectivity index (χ4n) is 3.80. The standard InChI is InChI=1S/C16H30N4O2S2/c1-13-9-14(2)11-20(10-13)24(21,22)19-7-5-18(6-8-19)15-17-12-16(3,4)23-15/h13-14H,5-12H2,1-4H3/t13-,14-/m1/s1. The minimum atomic E-state index is -3.33. The Morgan fingerprint density at radius 1 is 1.04 bits per heavy atom. The molecule has 8 heteroatoms. The maximum absolute atomic E-state index is 13.0. The number of rotatable bonds is 2. The summed E-state index contributed by atoms with van der Waals surface area (Å²) in [6.07, 6.45) is 1.12. The SMILES string of the molecule is C[C@@H]1C[C@@H](C)CN(S(=O)(=O)N2CCN(C3=NCC(C)(C)S3)CC2)C1. The molecule has 0 amide bonds. The average Bonchev–Trinajstić information content (AvgIpc) is 2.86. The minimum absolute atomic E-state index is 0.165. The minimum Gasteiger partial charge on any atom is -0.349 e. The van der Waals surface area contributed by atoms with Crippen LogP contribution >= 0.6 is 11.8 Å². The maximum atomic E-state index is 13.0. The molecular weight excluding hydrogens is 344 g/mol. The zero-order chi connectivity index (χ0) is 17.5. The van der Waals surface area contributed by atoms with Crippen molar-refractivity contribution in [2.75, 3.05) is 45.8 Å². The molecule has 0 aromatic carbocycles. The van der Waals surface area contributed by atoms with Crippen LogP contribution < -0.4 is 0 Å². The molecule has 0 spiro atoms. The Morgan fingerprint density at radius 3 is 2.12 bits per heavy atom. The highest BCUT2D eigenvalue weighted by molar-refractivity contribution is 8.15. The summed E-state index contributed by atoms with van der Waals surface area (Å²) in [6, 6.07) is 0. The van der Waals surface area contributed by atoms with Crippen LogP contribution in [0.1, 0.15) is 34.1 Å². The molecule has 0 bridgehead atoms. The molecule has 3 aliphatic heterocycles. The van der Waals surface area contributed by atoms with Gasteiger partial charge < -0.3 is 4.90 Å². The van der Waals surface area contributed by atoms with Crippen LogP contribution in [-0.2, 0) is 10.2 Å². The van der Waals surface area contributed by atoms with E-state index in [2.05, 4.69) is 37.6 Å². The summed E-state index contributed by atoms with van der Waals surface area (Å²) in [5, 5.41) is 1.08. The molecule has 0 aromatic rings. The Kier molecular flexibility index (Phi) is 5.22. The Morgan fingerprint density at radius 2 is 1.62 bits per heavy atom. The highest BCUT2D eigenvalue weighted by Crippen LogP contribution is 2.34. The Balaban J connectivity index is 1.60. The third kappa shape index (κ3) is 3.92. The van der Waals surface area contributed by atoms with E-state index >= 15 is 0 Å². The van der Waals surface area contributed by atoms with E-state index in [1.54, 1.807) is 8.61 Å². The smallest absolute Gasteiger partial charge is 0.282 e. The van der Waals surface area contributed by atoms with E-state index in [1.165, 1.54) is 0 Å². The molecule has 3 rings (SSSR count). The van der Waals surface area contributed by atoms with E-state index in [4.69, 9.17) is 0 Å². The Hall–Kier alpha value is -0.310. The number of thioether (sulfide) groups is 1. The van der Waals surface area contributed by atoms with Crippen LogP contribution in [0.15, 0.2) is 4.99 Å². The second kappa shape index (κ2) is 6.78. The first-order valence-corrected chi connectivity index (χ1v) is 11.1. The van der Waals surface area contributed by atoms with Crippen LogP contribution in [0.3, 0.4) is 0 Å². The lowest BCUT2D eigenvalue weighted by Crippen LogP contribution is -2.55. The highest BCUT2D eigenvalue weighted by atomic mass is 32.2. The lowest BCUT2D eigenvalue weighted by atomic mass is 9.94. The second-order valence-electron chi connectivity index (χ2n) is 8.12. The van der Waals surface area contributed by atoms with Gasteiger partial charge in [0.15, 0.2) is 5.17 Å². The number of piperazine rings is 1. The predicted molar refractivity (Wildman–Crippen MR) is 101 cm³/mol. The number of aliphatic imine (C=N–C) groups is 1. The zero-order valence-electron chi connectivity index (χ0n) is 15.2. The van der Waals surface area contributed by atoms with Gasteiger partial charge in [-0.3, -0.25) is 4.99 Å². The number of piperidine rings is 1. The molecule has 0 radical (unpaired) electrons. The molecule has 0 N–H and O–H groups in total. The lowest BCUT2D eigenvalue weighted by molar-refractivity contribution is 0.196. The van der Waals surface area contributed by atoms with E-state index < -0.39 is 10.2 Å². The topological polar surface area (TPSA) is 56.2 Å². The van der Waals surface area contributed by atoms with Gasteiger partial charge in [-0.25, -0.2) is 0 Å². The third-order valence-electron chi connectivity index (χ3n) is 4.96. The summed E-state index contributed by atoms with van der Waals surface area (Å²) in [4.78, 5) is 6.88. The van der Waals surface area contributed by atoms with Gasteiger partial charge in [-0.05, 0) is 32.1 Å². The molecule has 2 fully saturated rings. The summed E-state index contributed by atoms with van der Waals surface area (Å²) >= 11 is 1.81. The molecule has 3 heterocycles. The molecule has 0 unspecified atom stereocenters.